The first kappa shape index (κ1) is 23.6. The van der Waals surface area contributed by atoms with E-state index >= 15 is 0 Å². The van der Waals surface area contributed by atoms with Crippen molar-refractivity contribution >= 4 is 34.0 Å². The molecule has 0 N–H and O–H groups in total. The number of hydrogen-bond donors (Lipinski definition) is 0. The Morgan fingerprint density at radius 1 is 0.971 bits per heavy atom. The predicted molar refractivity (Wildman–Crippen MR) is 140 cm³/mol. The van der Waals surface area contributed by atoms with Gasteiger partial charge in [0.15, 0.2) is 11.0 Å². The van der Waals surface area contributed by atoms with E-state index in [1.807, 2.05) is 16.0 Å². The molecule has 0 unspecified atom stereocenters. The second-order valence-corrected chi connectivity index (χ2v) is 10.6. The quantitative estimate of drug-likeness (QED) is 0.219. The Labute approximate surface area is 211 Å². The standard InChI is InChI=1S/C27H24F2N4S2/c1-15(2)33-26(31-32-27(33)35-14-20-21(28)7-5-8-22(20)29)19-13-24(25-9-6-10-34-25)30-23-12-17(4)16(3)11-18(19)23/h5-13,15H,14H2,1-4H3. The van der Waals surface area contributed by atoms with E-state index < -0.39 is 11.6 Å². The van der Waals surface area contributed by atoms with Gasteiger partial charge in [0.1, 0.15) is 11.6 Å². The Morgan fingerprint density at radius 2 is 1.71 bits per heavy atom. The van der Waals surface area contributed by atoms with Crippen LogP contribution in [-0.4, -0.2) is 19.7 Å². The number of aryl methyl sites for hydroxylation is 2. The first-order valence-corrected chi connectivity index (χ1v) is 13.2. The molecule has 3 heterocycles. The van der Waals surface area contributed by atoms with Gasteiger partial charge in [0.2, 0.25) is 0 Å². The highest BCUT2D eigenvalue weighted by Gasteiger charge is 2.21. The molecule has 0 atom stereocenters. The minimum Gasteiger partial charge on any atom is -0.299 e. The molecule has 3 aromatic heterocycles. The first-order chi connectivity index (χ1) is 16.8. The number of hydrogen-bond acceptors (Lipinski definition) is 5. The summed E-state index contributed by atoms with van der Waals surface area (Å²) >= 11 is 2.92. The average Bonchev–Trinajstić information content (AvgIpc) is 3.49. The van der Waals surface area contributed by atoms with Crippen LogP contribution in [0.2, 0.25) is 0 Å². The van der Waals surface area contributed by atoms with Gasteiger partial charge in [-0.05, 0) is 80.6 Å². The number of aromatic nitrogens is 4. The van der Waals surface area contributed by atoms with Crippen LogP contribution < -0.4 is 0 Å². The van der Waals surface area contributed by atoms with Crippen LogP contribution in [0, 0.1) is 25.5 Å². The van der Waals surface area contributed by atoms with Gasteiger partial charge in [-0.2, -0.15) is 0 Å². The Morgan fingerprint density at radius 3 is 2.40 bits per heavy atom. The Bertz CT molecular complexity index is 1500. The minimum absolute atomic E-state index is 0.0351. The molecular formula is C27H24F2N4S2. The summed E-state index contributed by atoms with van der Waals surface area (Å²) in [6.07, 6.45) is 0. The van der Waals surface area contributed by atoms with Crippen LogP contribution in [0.1, 0.15) is 36.6 Å². The molecule has 0 bridgehead atoms. The van der Waals surface area contributed by atoms with Gasteiger partial charge >= 0.3 is 0 Å². The van der Waals surface area contributed by atoms with E-state index in [4.69, 9.17) is 4.98 Å². The fourth-order valence-corrected chi connectivity index (χ4v) is 5.82. The smallest absolute Gasteiger partial charge is 0.192 e. The molecule has 2 aromatic carbocycles. The first-order valence-electron chi connectivity index (χ1n) is 11.3. The zero-order chi connectivity index (χ0) is 24.7. The minimum atomic E-state index is -0.556. The zero-order valence-electron chi connectivity index (χ0n) is 19.8. The van der Waals surface area contributed by atoms with Crippen molar-refractivity contribution in [1.29, 1.82) is 0 Å². The van der Waals surface area contributed by atoms with E-state index in [2.05, 4.69) is 62.2 Å². The molecule has 4 nitrogen and oxygen atoms in total. The van der Waals surface area contributed by atoms with Crippen LogP contribution in [0.4, 0.5) is 8.78 Å². The maximum atomic E-state index is 14.2. The van der Waals surface area contributed by atoms with Crippen molar-refractivity contribution in [2.24, 2.45) is 0 Å². The third-order valence-corrected chi connectivity index (χ3v) is 7.89. The molecule has 0 radical (unpaired) electrons. The number of pyridine rings is 1. The van der Waals surface area contributed by atoms with Gasteiger partial charge in [-0.15, -0.1) is 21.5 Å². The molecule has 178 valence electrons. The molecule has 5 aromatic rings. The van der Waals surface area contributed by atoms with Gasteiger partial charge < -0.3 is 0 Å². The van der Waals surface area contributed by atoms with Crippen molar-refractivity contribution in [2.45, 2.75) is 44.6 Å². The topological polar surface area (TPSA) is 43.6 Å². The highest BCUT2D eigenvalue weighted by molar-refractivity contribution is 7.98. The summed E-state index contributed by atoms with van der Waals surface area (Å²) in [7, 11) is 0. The fourth-order valence-electron chi connectivity index (χ4n) is 4.05. The fraction of sp³-hybridized carbons (Fsp3) is 0.222. The third kappa shape index (κ3) is 4.48. The summed E-state index contributed by atoms with van der Waals surface area (Å²) < 4.78 is 30.4. The number of thioether (sulfide) groups is 1. The molecule has 0 aliphatic rings. The Kier molecular flexibility index (Phi) is 6.42. The van der Waals surface area contributed by atoms with Crippen molar-refractivity contribution in [3.8, 4) is 22.0 Å². The lowest BCUT2D eigenvalue weighted by molar-refractivity contribution is 0.553. The monoisotopic (exact) mass is 506 g/mol. The molecule has 0 spiro atoms. The maximum absolute atomic E-state index is 14.2. The van der Waals surface area contributed by atoms with Gasteiger partial charge in [0, 0.05) is 28.3 Å². The van der Waals surface area contributed by atoms with Crippen LogP contribution >= 0.6 is 23.1 Å². The molecule has 35 heavy (non-hydrogen) atoms. The molecule has 0 amide bonds. The van der Waals surface area contributed by atoms with Crippen LogP contribution in [0.3, 0.4) is 0 Å². The lowest BCUT2D eigenvalue weighted by Gasteiger charge is -2.16. The van der Waals surface area contributed by atoms with E-state index in [1.165, 1.54) is 41.1 Å². The van der Waals surface area contributed by atoms with E-state index in [-0.39, 0.29) is 17.4 Å². The molecule has 5 rings (SSSR count). The van der Waals surface area contributed by atoms with Crippen LogP contribution in [0.15, 0.2) is 59.1 Å². The molecule has 0 aliphatic heterocycles. The number of halogens is 2. The lowest BCUT2D eigenvalue weighted by Crippen LogP contribution is -2.06. The molecule has 8 heteroatoms. The van der Waals surface area contributed by atoms with Gasteiger partial charge in [0.05, 0.1) is 16.1 Å². The summed E-state index contributed by atoms with van der Waals surface area (Å²) in [5.74, 6) is -0.274. The molecule has 0 saturated carbocycles. The number of fused-ring (bicyclic) bond motifs is 1. The van der Waals surface area contributed by atoms with Crippen molar-refractivity contribution in [2.75, 3.05) is 0 Å². The van der Waals surface area contributed by atoms with Gasteiger partial charge in [0.25, 0.3) is 0 Å². The van der Waals surface area contributed by atoms with E-state index in [1.54, 1.807) is 11.3 Å². The van der Waals surface area contributed by atoms with E-state index in [9.17, 15) is 8.78 Å². The van der Waals surface area contributed by atoms with Crippen LogP contribution in [0.5, 0.6) is 0 Å². The zero-order valence-corrected chi connectivity index (χ0v) is 21.5. The summed E-state index contributed by atoms with van der Waals surface area (Å²) in [4.78, 5) is 6.02. The average molecular weight is 507 g/mol. The summed E-state index contributed by atoms with van der Waals surface area (Å²) in [5.41, 5.74) is 5.10. The van der Waals surface area contributed by atoms with Gasteiger partial charge in [-0.1, -0.05) is 23.9 Å². The van der Waals surface area contributed by atoms with Gasteiger partial charge in [-0.25, -0.2) is 13.8 Å². The van der Waals surface area contributed by atoms with Crippen molar-refractivity contribution < 1.29 is 8.78 Å². The highest BCUT2D eigenvalue weighted by Crippen LogP contribution is 2.37. The summed E-state index contributed by atoms with van der Waals surface area (Å²) in [6.45, 7) is 8.28. The van der Waals surface area contributed by atoms with Gasteiger partial charge in [-0.3, -0.25) is 4.57 Å². The van der Waals surface area contributed by atoms with Crippen molar-refractivity contribution in [3.05, 3.63) is 82.2 Å². The lowest BCUT2D eigenvalue weighted by atomic mass is 10.0. The number of rotatable bonds is 6. The number of nitrogens with zero attached hydrogens (tertiary/aromatic N) is 4. The second kappa shape index (κ2) is 9.51. The van der Waals surface area contributed by atoms with Crippen molar-refractivity contribution in [1.82, 2.24) is 19.7 Å². The van der Waals surface area contributed by atoms with Crippen molar-refractivity contribution in [3.63, 3.8) is 0 Å². The normalized spacial score (nSPS) is 11.6. The highest BCUT2D eigenvalue weighted by atomic mass is 32.2. The van der Waals surface area contributed by atoms with Crippen LogP contribution in [-0.2, 0) is 5.75 Å². The Balaban J connectivity index is 1.65. The maximum Gasteiger partial charge on any atom is 0.192 e. The number of benzene rings is 2. The SMILES string of the molecule is Cc1cc2nc(-c3cccs3)cc(-c3nnc(SCc4c(F)cccc4F)n3C(C)C)c2cc1C. The molecule has 0 saturated heterocycles. The summed E-state index contributed by atoms with van der Waals surface area (Å²) in [5, 5.41) is 12.7. The van der Waals surface area contributed by atoms with E-state index in [0.717, 1.165) is 27.0 Å². The second-order valence-electron chi connectivity index (χ2n) is 8.74. The van der Waals surface area contributed by atoms with Crippen LogP contribution in [0.25, 0.3) is 32.9 Å². The summed E-state index contributed by atoms with van der Waals surface area (Å²) in [6, 6.07) is 14.3. The number of thiophene rings is 1. The van der Waals surface area contributed by atoms with E-state index in [0.29, 0.717) is 11.0 Å². The largest absolute Gasteiger partial charge is 0.299 e. The predicted octanol–water partition coefficient (Wildman–Crippen LogP) is 7.99. The Hall–Kier alpha value is -3.10. The molecule has 0 fully saturated rings. The third-order valence-electron chi connectivity index (χ3n) is 6.03. The molecule has 0 aliphatic carbocycles. The molecular weight excluding hydrogens is 482 g/mol.